The molecule has 1 saturated heterocycles. The molecular formula is C22H24N8O5. The number of benzene rings is 2. The van der Waals surface area contributed by atoms with Gasteiger partial charge >= 0.3 is 0 Å². The van der Waals surface area contributed by atoms with Crippen LogP contribution in [0.4, 0.5) is 29.2 Å². The third-order valence-corrected chi connectivity index (χ3v) is 4.92. The SMILES string of the molecule is CCOc1cc([N+](=O)[O-])cc(/C=N\Nc2nc(Nc3ccccc3)nc(N3CCOCC3)n2)c1O. The maximum Gasteiger partial charge on any atom is 0.274 e. The number of nitrogens with zero attached hydrogens (tertiary/aromatic N) is 6. The van der Waals surface area contributed by atoms with Gasteiger partial charge in [0.1, 0.15) is 0 Å². The molecule has 0 saturated carbocycles. The highest BCUT2D eigenvalue weighted by atomic mass is 16.6. The molecule has 2 aromatic carbocycles. The van der Waals surface area contributed by atoms with Crippen molar-refractivity contribution in [2.45, 2.75) is 6.92 Å². The van der Waals surface area contributed by atoms with Gasteiger partial charge in [0.05, 0.1) is 37.0 Å². The molecule has 2 heterocycles. The number of hydrazone groups is 1. The van der Waals surface area contributed by atoms with Crippen molar-refractivity contribution < 1.29 is 19.5 Å². The first-order valence-electron chi connectivity index (χ1n) is 10.9. The summed E-state index contributed by atoms with van der Waals surface area (Å²) in [6, 6.07) is 11.8. The summed E-state index contributed by atoms with van der Waals surface area (Å²) in [5, 5.41) is 28.9. The Morgan fingerprint density at radius 1 is 1.20 bits per heavy atom. The Morgan fingerprint density at radius 2 is 1.94 bits per heavy atom. The summed E-state index contributed by atoms with van der Waals surface area (Å²) in [5.41, 5.74) is 3.37. The number of para-hydroxylation sites is 1. The minimum Gasteiger partial charge on any atom is -0.504 e. The largest absolute Gasteiger partial charge is 0.504 e. The molecule has 1 aliphatic rings. The Bertz CT molecular complexity index is 1200. The zero-order valence-electron chi connectivity index (χ0n) is 18.9. The van der Waals surface area contributed by atoms with Crippen molar-refractivity contribution in [2.75, 3.05) is 48.6 Å². The zero-order valence-corrected chi connectivity index (χ0v) is 18.9. The van der Waals surface area contributed by atoms with Crippen molar-refractivity contribution in [3.05, 3.63) is 58.1 Å². The molecule has 182 valence electrons. The van der Waals surface area contributed by atoms with Crippen LogP contribution in [0.1, 0.15) is 12.5 Å². The minimum atomic E-state index is -0.575. The topological polar surface area (TPSA) is 160 Å². The summed E-state index contributed by atoms with van der Waals surface area (Å²) in [5.74, 6) is 0.621. The molecule has 13 nitrogen and oxygen atoms in total. The smallest absolute Gasteiger partial charge is 0.274 e. The van der Waals surface area contributed by atoms with E-state index in [9.17, 15) is 15.2 Å². The van der Waals surface area contributed by atoms with Crippen LogP contribution in [0.2, 0.25) is 0 Å². The second-order valence-electron chi connectivity index (χ2n) is 7.31. The maximum atomic E-state index is 11.3. The predicted octanol–water partition coefficient (Wildman–Crippen LogP) is 2.91. The van der Waals surface area contributed by atoms with E-state index in [1.54, 1.807) is 6.92 Å². The third-order valence-electron chi connectivity index (χ3n) is 4.92. The highest BCUT2D eigenvalue weighted by Gasteiger charge is 2.18. The van der Waals surface area contributed by atoms with Crippen LogP contribution in [0.3, 0.4) is 0 Å². The van der Waals surface area contributed by atoms with Gasteiger partial charge in [0.15, 0.2) is 11.5 Å². The standard InChI is InChI=1S/C22H24N8O5/c1-2-35-18-13-17(30(32)33)12-15(19(18)31)14-23-28-21-25-20(24-16-6-4-3-5-7-16)26-22(27-21)29-8-10-34-11-9-29/h3-7,12-14,31H,2,8-11H2,1H3,(H2,24,25,26,27,28)/b23-14-. The first-order valence-corrected chi connectivity index (χ1v) is 10.9. The van der Waals surface area contributed by atoms with Gasteiger partial charge in [-0.15, -0.1) is 0 Å². The number of ether oxygens (including phenoxy) is 2. The van der Waals surface area contributed by atoms with Gasteiger partial charge in [0.2, 0.25) is 17.8 Å². The molecule has 0 radical (unpaired) electrons. The van der Waals surface area contributed by atoms with E-state index >= 15 is 0 Å². The van der Waals surface area contributed by atoms with Crippen LogP contribution in [0.25, 0.3) is 0 Å². The number of morpholine rings is 1. The lowest BCUT2D eigenvalue weighted by Crippen LogP contribution is -2.37. The molecule has 3 aromatic rings. The van der Waals surface area contributed by atoms with Crippen molar-refractivity contribution in [2.24, 2.45) is 5.10 Å². The number of hydrogen-bond acceptors (Lipinski definition) is 12. The number of nitrogens with one attached hydrogen (secondary N) is 2. The number of aromatic nitrogens is 3. The van der Waals surface area contributed by atoms with Gasteiger partial charge < -0.3 is 24.8 Å². The van der Waals surface area contributed by atoms with Crippen LogP contribution in [-0.4, -0.2) is 64.1 Å². The molecule has 13 heteroatoms. The highest BCUT2D eigenvalue weighted by Crippen LogP contribution is 2.34. The fourth-order valence-corrected chi connectivity index (χ4v) is 3.27. The Balaban J connectivity index is 1.60. The van der Waals surface area contributed by atoms with Gasteiger partial charge in [-0.25, -0.2) is 5.43 Å². The number of aromatic hydroxyl groups is 1. The van der Waals surface area contributed by atoms with Crippen LogP contribution < -0.4 is 20.4 Å². The summed E-state index contributed by atoms with van der Waals surface area (Å²) in [4.78, 5) is 25.9. The molecule has 0 spiro atoms. The zero-order chi connectivity index (χ0) is 24.6. The summed E-state index contributed by atoms with van der Waals surface area (Å²) < 4.78 is 10.7. The Morgan fingerprint density at radius 3 is 2.66 bits per heavy atom. The number of anilines is 4. The quantitative estimate of drug-likeness (QED) is 0.235. The second-order valence-corrected chi connectivity index (χ2v) is 7.31. The van der Waals surface area contributed by atoms with Gasteiger partial charge in [0.25, 0.3) is 5.69 Å². The second kappa shape index (κ2) is 11.1. The summed E-state index contributed by atoms with van der Waals surface area (Å²) in [6.07, 6.45) is 1.23. The van der Waals surface area contributed by atoms with E-state index in [1.807, 2.05) is 35.2 Å². The van der Waals surface area contributed by atoms with Crippen LogP contribution in [0.5, 0.6) is 11.5 Å². The van der Waals surface area contributed by atoms with Crippen LogP contribution in [0.15, 0.2) is 47.6 Å². The number of phenols is 1. The molecule has 1 fully saturated rings. The fourth-order valence-electron chi connectivity index (χ4n) is 3.27. The van der Waals surface area contributed by atoms with E-state index in [1.165, 1.54) is 12.3 Å². The van der Waals surface area contributed by atoms with Crippen molar-refractivity contribution in [1.29, 1.82) is 0 Å². The molecule has 0 bridgehead atoms. The number of rotatable bonds is 9. The Hall–Kier alpha value is -4.52. The molecule has 0 atom stereocenters. The van der Waals surface area contributed by atoms with Crippen LogP contribution in [0, 0.1) is 10.1 Å². The van der Waals surface area contributed by atoms with E-state index in [-0.39, 0.29) is 35.3 Å². The number of phenolic OH excluding ortho intramolecular Hbond substituents is 1. The molecule has 0 aliphatic carbocycles. The molecule has 3 N–H and O–H groups in total. The molecule has 0 amide bonds. The summed E-state index contributed by atoms with van der Waals surface area (Å²) in [6.45, 7) is 4.31. The number of nitro groups is 1. The van der Waals surface area contributed by atoms with Gasteiger partial charge in [0, 0.05) is 30.4 Å². The van der Waals surface area contributed by atoms with Crippen LogP contribution >= 0.6 is 0 Å². The lowest BCUT2D eigenvalue weighted by molar-refractivity contribution is -0.385. The lowest BCUT2D eigenvalue weighted by Gasteiger charge is -2.27. The van der Waals surface area contributed by atoms with Gasteiger partial charge in [-0.3, -0.25) is 10.1 Å². The Labute approximate surface area is 200 Å². The molecule has 1 aliphatic heterocycles. The first kappa shape index (κ1) is 23.6. The lowest BCUT2D eigenvalue weighted by atomic mass is 10.1. The number of nitro benzene ring substituents is 1. The molecule has 0 unspecified atom stereocenters. The first-order chi connectivity index (χ1) is 17.0. The number of hydrogen-bond donors (Lipinski definition) is 3. The van der Waals surface area contributed by atoms with E-state index in [0.717, 1.165) is 11.8 Å². The molecule has 1 aromatic heterocycles. The van der Waals surface area contributed by atoms with Crippen molar-refractivity contribution in [1.82, 2.24) is 15.0 Å². The van der Waals surface area contributed by atoms with E-state index in [2.05, 4.69) is 30.8 Å². The van der Waals surface area contributed by atoms with E-state index in [4.69, 9.17) is 9.47 Å². The molecule has 4 rings (SSSR count). The van der Waals surface area contributed by atoms with Crippen molar-refractivity contribution >= 4 is 35.4 Å². The maximum absolute atomic E-state index is 11.3. The monoisotopic (exact) mass is 480 g/mol. The van der Waals surface area contributed by atoms with E-state index in [0.29, 0.717) is 38.2 Å². The number of non-ortho nitro benzene ring substituents is 1. The minimum absolute atomic E-state index is 0.00716. The highest BCUT2D eigenvalue weighted by molar-refractivity contribution is 5.86. The summed E-state index contributed by atoms with van der Waals surface area (Å²) in [7, 11) is 0. The van der Waals surface area contributed by atoms with Gasteiger partial charge in [-0.2, -0.15) is 20.1 Å². The van der Waals surface area contributed by atoms with Crippen molar-refractivity contribution in [3.63, 3.8) is 0 Å². The third kappa shape index (κ3) is 6.09. The van der Waals surface area contributed by atoms with E-state index < -0.39 is 4.92 Å². The van der Waals surface area contributed by atoms with Gasteiger partial charge in [-0.05, 0) is 19.1 Å². The average molecular weight is 480 g/mol. The molecule has 35 heavy (non-hydrogen) atoms. The molecular weight excluding hydrogens is 456 g/mol. The summed E-state index contributed by atoms with van der Waals surface area (Å²) >= 11 is 0. The van der Waals surface area contributed by atoms with Crippen molar-refractivity contribution in [3.8, 4) is 11.5 Å². The van der Waals surface area contributed by atoms with Crippen LogP contribution in [-0.2, 0) is 4.74 Å². The average Bonchev–Trinajstić information content (AvgIpc) is 2.87. The fraction of sp³-hybridized carbons (Fsp3) is 0.273. The normalized spacial score (nSPS) is 13.6. The predicted molar refractivity (Wildman–Crippen MR) is 130 cm³/mol. The van der Waals surface area contributed by atoms with Gasteiger partial charge in [-0.1, -0.05) is 18.2 Å². The Kier molecular flexibility index (Phi) is 7.47.